The molecule has 0 atom stereocenters. The van der Waals surface area contributed by atoms with E-state index in [4.69, 9.17) is 9.15 Å². The van der Waals surface area contributed by atoms with Crippen LogP contribution in [0, 0.1) is 24.0 Å². The minimum absolute atomic E-state index is 0.109. The molecule has 2 amide bonds. The van der Waals surface area contributed by atoms with Gasteiger partial charge in [0.15, 0.2) is 6.61 Å². The maximum Gasteiger partial charge on any atom is 0.342 e. The lowest BCUT2D eigenvalue weighted by atomic mass is 10.2. The normalized spacial score (nSPS) is 10.1. The van der Waals surface area contributed by atoms with Gasteiger partial charge in [-0.3, -0.25) is 30.6 Å². The highest BCUT2D eigenvalue weighted by Gasteiger charge is 2.17. The van der Waals surface area contributed by atoms with Gasteiger partial charge in [0.1, 0.15) is 17.1 Å². The van der Waals surface area contributed by atoms with Gasteiger partial charge in [0, 0.05) is 17.7 Å². The van der Waals surface area contributed by atoms with E-state index in [-0.39, 0.29) is 16.8 Å². The summed E-state index contributed by atoms with van der Waals surface area (Å²) in [4.78, 5) is 45.2. The van der Waals surface area contributed by atoms with Gasteiger partial charge in [-0.25, -0.2) is 4.79 Å². The van der Waals surface area contributed by atoms with Crippen LogP contribution >= 0.6 is 0 Å². The number of rotatable bonds is 5. The van der Waals surface area contributed by atoms with E-state index < -0.39 is 29.3 Å². The second kappa shape index (κ2) is 7.92. The molecule has 0 aliphatic carbocycles. The SMILES string of the molecule is Cc1cc(C(=O)OCC(=O)NNC(=O)c2ccc([N+](=O)[O-])cc2)c(C)o1. The average molecular weight is 361 g/mol. The fourth-order valence-corrected chi connectivity index (χ4v) is 2.01. The summed E-state index contributed by atoms with van der Waals surface area (Å²) in [7, 11) is 0. The van der Waals surface area contributed by atoms with Gasteiger partial charge in [0.2, 0.25) is 0 Å². The Morgan fingerprint density at radius 2 is 1.81 bits per heavy atom. The zero-order valence-electron chi connectivity index (χ0n) is 13.9. The number of esters is 1. The summed E-state index contributed by atoms with van der Waals surface area (Å²) in [5.74, 6) is -1.25. The third-order valence-electron chi connectivity index (χ3n) is 3.25. The molecule has 26 heavy (non-hydrogen) atoms. The van der Waals surface area contributed by atoms with Gasteiger partial charge in [0.05, 0.1) is 4.92 Å². The topological polar surface area (TPSA) is 141 Å². The van der Waals surface area contributed by atoms with Crippen molar-refractivity contribution < 1.29 is 28.5 Å². The highest BCUT2D eigenvalue weighted by Crippen LogP contribution is 2.14. The summed E-state index contributed by atoms with van der Waals surface area (Å²) in [6.07, 6.45) is 0. The number of carbonyl (C=O) groups excluding carboxylic acids is 3. The molecule has 0 bridgehead atoms. The largest absolute Gasteiger partial charge is 0.466 e. The maximum atomic E-state index is 11.8. The van der Waals surface area contributed by atoms with Crippen LogP contribution in [0.4, 0.5) is 5.69 Å². The van der Waals surface area contributed by atoms with E-state index in [2.05, 4.69) is 10.9 Å². The molecule has 2 rings (SSSR count). The molecule has 1 aromatic heterocycles. The van der Waals surface area contributed by atoms with Crippen LogP contribution < -0.4 is 10.9 Å². The van der Waals surface area contributed by atoms with Crippen LogP contribution in [0.2, 0.25) is 0 Å². The second-order valence-electron chi connectivity index (χ2n) is 5.21. The lowest BCUT2D eigenvalue weighted by Gasteiger charge is -2.08. The third kappa shape index (κ3) is 4.66. The van der Waals surface area contributed by atoms with Crippen LogP contribution in [-0.2, 0) is 9.53 Å². The molecule has 0 aliphatic rings. The first-order valence-corrected chi connectivity index (χ1v) is 7.35. The fraction of sp³-hybridized carbons (Fsp3) is 0.188. The van der Waals surface area contributed by atoms with Gasteiger partial charge in [-0.15, -0.1) is 0 Å². The first kappa shape index (κ1) is 18.6. The van der Waals surface area contributed by atoms with Crippen molar-refractivity contribution in [2.24, 2.45) is 0 Å². The molecular weight excluding hydrogens is 346 g/mol. The smallest absolute Gasteiger partial charge is 0.342 e. The van der Waals surface area contributed by atoms with E-state index in [0.717, 1.165) is 12.1 Å². The second-order valence-corrected chi connectivity index (χ2v) is 5.21. The predicted octanol–water partition coefficient (Wildman–Crippen LogP) is 1.42. The molecule has 0 spiro atoms. The highest BCUT2D eigenvalue weighted by atomic mass is 16.6. The van der Waals surface area contributed by atoms with Crippen molar-refractivity contribution in [3.05, 3.63) is 63.1 Å². The van der Waals surface area contributed by atoms with Crippen LogP contribution in [0.1, 0.15) is 32.2 Å². The summed E-state index contributed by atoms with van der Waals surface area (Å²) < 4.78 is 10.0. The van der Waals surface area contributed by atoms with Gasteiger partial charge in [-0.1, -0.05) is 0 Å². The molecule has 2 aromatic rings. The molecule has 10 heteroatoms. The zero-order chi connectivity index (χ0) is 19.3. The average Bonchev–Trinajstić information content (AvgIpc) is 2.95. The maximum absolute atomic E-state index is 11.8. The van der Waals surface area contributed by atoms with E-state index in [1.807, 2.05) is 0 Å². The Bertz CT molecular complexity index is 855. The number of nitro groups is 1. The molecule has 0 fully saturated rings. The molecule has 0 aliphatic heterocycles. The van der Waals surface area contributed by atoms with Gasteiger partial charge in [-0.05, 0) is 32.0 Å². The van der Waals surface area contributed by atoms with Crippen molar-refractivity contribution in [2.75, 3.05) is 6.61 Å². The molecule has 0 saturated carbocycles. The summed E-state index contributed by atoms with van der Waals surface area (Å²) in [6.45, 7) is 2.65. The number of ether oxygens (including phenoxy) is 1. The summed E-state index contributed by atoms with van der Waals surface area (Å²) in [5, 5.41) is 10.5. The highest BCUT2D eigenvalue weighted by molar-refractivity contribution is 5.96. The number of nitrogens with one attached hydrogen (secondary N) is 2. The Hall–Kier alpha value is -3.69. The van der Waals surface area contributed by atoms with Gasteiger partial charge < -0.3 is 9.15 Å². The minimum atomic E-state index is -0.758. The molecule has 136 valence electrons. The molecule has 2 N–H and O–H groups in total. The van der Waals surface area contributed by atoms with E-state index in [1.54, 1.807) is 13.8 Å². The Kier molecular flexibility index (Phi) is 5.68. The van der Waals surface area contributed by atoms with Gasteiger partial charge >= 0.3 is 5.97 Å². The molecular formula is C16H15N3O7. The Morgan fingerprint density at radius 1 is 1.15 bits per heavy atom. The summed E-state index contributed by atoms with van der Waals surface area (Å²) >= 11 is 0. The van der Waals surface area contributed by atoms with Crippen molar-refractivity contribution in [1.82, 2.24) is 10.9 Å². The van der Waals surface area contributed by atoms with Crippen LogP contribution in [0.5, 0.6) is 0 Å². The summed E-state index contributed by atoms with van der Waals surface area (Å²) in [6, 6.07) is 6.29. The molecule has 0 saturated heterocycles. The number of furan rings is 1. The number of non-ortho nitro benzene ring substituents is 1. The van der Waals surface area contributed by atoms with Crippen molar-refractivity contribution >= 4 is 23.5 Å². The quantitative estimate of drug-likeness (QED) is 0.466. The lowest BCUT2D eigenvalue weighted by molar-refractivity contribution is -0.384. The number of amides is 2. The number of hydrogen-bond donors (Lipinski definition) is 2. The van der Waals surface area contributed by atoms with E-state index in [1.165, 1.54) is 18.2 Å². The van der Waals surface area contributed by atoms with Crippen LogP contribution in [0.3, 0.4) is 0 Å². The Balaban J connectivity index is 1.81. The molecule has 0 radical (unpaired) electrons. The predicted molar refractivity (Wildman–Crippen MR) is 87.2 cm³/mol. The van der Waals surface area contributed by atoms with Crippen molar-refractivity contribution in [3.63, 3.8) is 0 Å². The van der Waals surface area contributed by atoms with Crippen molar-refractivity contribution in [3.8, 4) is 0 Å². The molecule has 1 heterocycles. The van der Waals surface area contributed by atoms with Crippen molar-refractivity contribution in [1.29, 1.82) is 0 Å². The van der Waals surface area contributed by atoms with Crippen LogP contribution in [0.15, 0.2) is 34.7 Å². The Morgan fingerprint density at radius 3 is 2.35 bits per heavy atom. The number of hydrogen-bond acceptors (Lipinski definition) is 7. The lowest BCUT2D eigenvalue weighted by Crippen LogP contribution is -2.43. The minimum Gasteiger partial charge on any atom is -0.466 e. The van der Waals surface area contributed by atoms with Gasteiger partial charge in [-0.2, -0.15) is 0 Å². The monoisotopic (exact) mass is 361 g/mol. The molecule has 10 nitrogen and oxygen atoms in total. The first-order valence-electron chi connectivity index (χ1n) is 7.35. The van der Waals surface area contributed by atoms with E-state index >= 15 is 0 Å². The van der Waals surface area contributed by atoms with Crippen molar-refractivity contribution in [2.45, 2.75) is 13.8 Å². The van der Waals surface area contributed by atoms with E-state index in [0.29, 0.717) is 11.5 Å². The number of benzene rings is 1. The number of hydrazine groups is 1. The van der Waals surface area contributed by atoms with Crippen LogP contribution in [-0.4, -0.2) is 29.3 Å². The molecule has 0 unspecified atom stereocenters. The fourth-order valence-electron chi connectivity index (χ4n) is 2.01. The standard InChI is InChI=1S/C16H15N3O7/c1-9-7-13(10(2)26-9)16(22)25-8-14(20)17-18-15(21)11-3-5-12(6-4-11)19(23)24/h3-7H,8H2,1-2H3,(H,17,20)(H,18,21). The number of nitro benzene ring substituents is 1. The van der Waals surface area contributed by atoms with Gasteiger partial charge in [0.25, 0.3) is 17.5 Å². The van der Waals surface area contributed by atoms with Crippen LogP contribution in [0.25, 0.3) is 0 Å². The Labute approximate surface area is 147 Å². The number of carbonyl (C=O) groups is 3. The first-order chi connectivity index (χ1) is 12.3. The number of aryl methyl sites for hydroxylation is 2. The zero-order valence-corrected chi connectivity index (χ0v) is 13.9. The summed E-state index contributed by atoms with van der Waals surface area (Å²) in [5.41, 5.74) is 4.34. The number of nitrogens with zero attached hydrogens (tertiary/aromatic N) is 1. The molecule has 1 aromatic carbocycles. The third-order valence-corrected chi connectivity index (χ3v) is 3.25. The van der Waals surface area contributed by atoms with E-state index in [9.17, 15) is 24.5 Å².